The van der Waals surface area contributed by atoms with Gasteiger partial charge in [0.1, 0.15) is 5.01 Å². The minimum absolute atomic E-state index is 0.0948. The number of amides is 2. The van der Waals surface area contributed by atoms with Crippen molar-refractivity contribution in [2.75, 3.05) is 13.6 Å². The molecule has 1 N–H and O–H groups in total. The second-order valence-corrected chi connectivity index (χ2v) is 11.0. The van der Waals surface area contributed by atoms with Gasteiger partial charge in [-0.15, -0.1) is 11.3 Å². The second-order valence-electron chi connectivity index (χ2n) is 9.88. The topological polar surface area (TPSA) is 62.3 Å². The Bertz CT molecular complexity index is 885. The molecule has 4 aliphatic rings. The van der Waals surface area contributed by atoms with E-state index in [0.29, 0.717) is 25.9 Å². The van der Waals surface area contributed by atoms with Crippen molar-refractivity contribution >= 4 is 33.4 Å². The number of para-hydroxylation sites is 1. The first-order valence-corrected chi connectivity index (χ1v) is 12.2. The molecule has 160 valence electrons. The van der Waals surface area contributed by atoms with Crippen molar-refractivity contribution in [1.29, 1.82) is 0 Å². The van der Waals surface area contributed by atoms with E-state index in [1.807, 2.05) is 25.2 Å². The molecule has 6 rings (SSSR count). The van der Waals surface area contributed by atoms with E-state index >= 15 is 0 Å². The average Bonchev–Trinajstić information content (AvgIpc) is 3.12. The Morgan fingerprint density at radius 3 is 2.47 bits per heavy atom. The summed E-state index contributed by atoms with van der Waals surface area (Å²) in [5, 5.41) is 4.14. The van der Waals surface area contributed by atoms with Crippen molar-refractivity contribution in [1.82, 2.24) is 15.2 Å². The molecule has 30 heavy (non-hydrogen) atoms. The third-order valence-corrected chi connectivity index (χ3v) is 8.53. The summed E-state index contributed by atoms with van der Waals surface area (Å²) < 4.78 is 1.15. The maximum atomic E-state index is 13.0. The molecule has 2 aromatic rings. The van der Waals surface area contributed by atoms with Gasteiger partial charge in [0, 0.05) is 25.4 Å². The monoisotopic (exact) mass is 425 g/mol. The molecule has 0 radical (unpaired) electrons. The van der Waals surface area contributed by atoms with Gasteiger partial charge in [-0.3, -0.25) is 9.59 Å². The maximum absolute atomic E-state index is 13.0. The fraction of sp³-hybridized carbons (Fsp3) is 0.625. The molecule has 0 spiro atoms. The lowest BCUT2D eigenvalue weighted by atomic mass is 9.49. The molecule has 4 fully saturated rings. The minimum Gasteiger partial charge on any atom is -0.356 e. The number of benzene rings is 1. The molecule has 0 atom stereocenters. The van der Waals surface area contributed by atoms with Gasteiger partial charge in [-0.05, 0) is 74.8 Å². The molecular formula is C24H31N3O2S. The molecule has 1 aromatic carbocycles. The van der Waals surface area contributed by atoms with Gasteiger partial charge in [-0.1, -0.05) is 12.1 Å². The Kier molecular flexibility index (Phi) is 5.30. The number of hydrogen-bond acceptors (Lipinski definition) is 4. The highest BCUT2D eigenvalue weighted by Crippen LogP contribution is 2.60. The fourth-order valence-corrected chi connectivity index (χ4v) is 7.51. The Balaban J connectivity index is 1.07. The zero-order valence-corrected chi connectivity index (χ0v) is 18.5. The van der Waals surface area contributed by atoms with E-state index in [1.54, 1.807) is 16.2 Å². The SMILES string of the molecule is CN(Cc1nc2ccccc2s1)C(=O)CCCNC(=O)C12CC3CC(CC(C3)C1)C2. The van der Waals surface area contributed by atoms with E-state index < -0.39 is 0 Å². The highest BCUT2D eigenvalue weighted by atomic mass is 32.1. The van der Waals surface area contributed by atoms with E-state index in [2.05, 4.69) is 16.4 Å². The lowest BCUT2D eigenvalue weighted by Gasteiger charge is -2.55. The summed E-state index contributed by atoms with van der Waals surface area (Å²) in [6, 6.07) is 8.06. The van der Waals surface area contributed by atoms with Crippen LogP contribution in [0.3, 0.4) is 0 Å². The Morgan fingerprint density at radius 1 is 1.13 bits per heavy atom. The van der Waals surface area contributed by atoms with Crippen LogP contribution < -0.4 is 5.32 Å². The fourth-order valence-electron chi connectivity index (χ4n) is 6.49. The van der Waals surface area contributed by atoms with Gasteiger partial charge in [-0.25, -0.2) is 4.98 Å². The van der Waals surface area contributed by atoms with Crippen molar-refractivity contribution in [3.05, 3.63) is 29.3 Å². The van der Waals surface area contributed by atoms with Crippen molar-refractivity contribution in [3.63, 3.8) is 0 Å². The van der Waals surface area contributed by atoms with Crippen LogP contribution in [-0.4, -0.2) is 35.3 Å². The van der Waals surface area contributed by atoms with Gasteiger partial charge in [0.25, 0.3) is 0 Å². The van der Waals surface area contributed by atoms with Crippen LogP contribution in [0.1, 0.15) is 56.4 Å². The summed E-state index contributed by atoms with van der Waals surface area (Å²) in [5.41, 5.74) is 0.897. The number of fused-ring (bicyclic) bond motifs is 1. The number of carbonyl (C=O) groups is 2. The maximum Gasteiger partial charge on any atom is 0.226 e. The number of thiazole rings is 1. The Labute approximate surface area is 182 Å². The molecule has 1 heterocycles. The first-order chi connectivity index (χ1) is 14.5. The molecule has 4 saturated carbocycles. The number of nitrogens with one attached hydrogen (secondary N) is 1. The van der Waals surface area contributed by atoms with Gasteiger partial charge in [0.05, 0.1) is 16.8 Å². The normalized spacial score (nSPS) is 29.3. The van der Waals surface area contributed by atoms with Crippen LogP contribution in [0, 0.1) is 23.2 Å². The van der Waals surface area contributed by atoms with Crippen LogP contribution in [0.25, 0.3) is 10.2 Å². The van der Waals surface area contributed by atoms with Crippen LogP contribution >= 0.6 is 11.3 Å². The number of carbonyl (C=O) groups excluding carboxylic acids is 2. The molecule has 6 heteroatoms. The quantitative estimate of drug-likeness (QED) is 0.670. The first-order valence-electron chi connectivity index (χ1n) is 11.4. The van der Waals surface area contributed by atoms with Gasteiger partial charge in [0.2, 0.25) is 11.8 Å². The number of nitrogens with zero attached hydrogens (tertiary/aromatic N) is 2. The molecule has 0 unspecified atom stereocenters. The number of aromatic nitrogens is 1. The highest BCUT2D eigenvalue weighted by Gasteiger charge is 2.54. The predicted octanol–water partition coefficient (Wildman–Crippen LogP) is 4.37. The molecule has 1 aromatic heterocycles. The summed E-state index contributed by atoms with van der Waals surface area (Å²) in [7, 11) is 1.84. The van der Waals surface area contributed by atoms with Crippen LogP contribution in [0.15, 0.2) is 24.3 Å². The standard InChI is InChI=1S/C24H31N3O2S/c1-27(15-21-26-19-5-2-3-6-20(19)30-21)22(28)7-4-8-25-23(29)24-12-16-9-17(13-24)11-18(10-16)14-24/h2-3,5-6,16-18H,4,7-15H2,1H3,(H,25,29). The smallest absolute Gasteiger partial charge is 0.226 e. The molecule has 2 amide bonds. The summed E-state index contributed by atoms with van der Waals surface area (Å²) in [6.45, 7) is 1.14. The molecular weight excluding hydrogens is 394 g/mol. The van der Waals surface area contributed by atoms with Crippen molar-refractivity contribution in [2.45, 2.75) is 57.9 Å². The van der Waals surface area contributed by atoms with Gasteiger partial charge < -0.3 is 10.2 Å². The van der Waals surface area contributed by atoms with Gasteiger partial charge >= 0.3 is 0 Å². The lowest BCUT2D eigenvalue weighted by molar-refractivity contribution is -0.146. The zero-order chi connectivity index (χ0) is 20.7. The first kappa shape index (κ1) is 20.0. The minimum atomic E-state index is -0.0948. The summed E-state index contributed by atoms with van der Waals surface area (Å²) >= 11 is 1.64. The van der Waals surface area contributed by atoms with E-state index in [1.165, 1.54) is 19.3 Å². The summed E-state index contributed by atoms with van der Waals surface area (Å²) in [4.78, 5) is 31.9. The molecule has 4 aliphatic carbocycles. The van der Waals surface area contributed by atoms with Crippen molar-refractivity contribution < 1.29 is 9.59 Å². The predicted molar refractivity (Wildman–Crippen MR) is 119 cm³/mol. The van der Waals surface area contributed by atoms with Crippen LogP contribution in [0.5, 0.6) is 0 Å². The molecule has 5 nitrogen and oxygen atoms in total. The third kappa shape index (κ3) is 3.86. The van der Waals surface area contributed by atoms with E-state index in [0.717, 1.165) is 52.2 Å². The van der Waals surface area contributed by atoms with Crippen molar-refractivity contribution in [3.8, 4) is 0 Å². The number of hydrogen-bond donors (Lipinski definition) is 1. The van der Waals surface area contributed by atoms with E-state index in [4.69, 9.17) is 0 Å². The van der Waals surface area contributed by atoms with Crippen LogP contribution in [0.4, 0.5) is 0 Å². The summed E-state index contributed by atoms with van der Waals surface area (Å²) in [6.07, 6.45) is 8.48. The van der Waals surface area contributed by atoms with Crippen LogP contribution in [-0.2, 0) is 16.1 Å². The summed E-state index contributed by atoms with van der Waals surface area (Å²) in [5.74, 6) is 2.70. The third-order valence-electron chi connectivity index (χ3n) is 7.51. The van der Waals surface area contributed by atoms with E-state index in [-0.39, 0.29) is 17.2 Å². The molecule has 0 saturated heterocycles. The van der Waals surface area contributed by atoms with Gasteiger partial charge in [-0.2, -0.15) is 0 Å². The lowest BCUT2D eigenvalue weighted by Crippen LogP contribution is -2.53. The van der Waals surface area contributed by atoms with Crippen molar-refractivity contribution in [2.24, 2.45) is 23.2 Å². The second kappa shape index (κ2) is 7.95. The number of rotatable bonds is 7. The highest BCUT2D eigenvalue weighted by molar-refractivity contribution is 7.18. The molecule has 4 bridgehead atoms. The average molecular weight is 426 g/mol. The Morgan fingerprint density at radius 2 is 1.80 bits per heavy atom. The zero-order valence-electron chi connectivity index (χ0n) is 17.7. The van der Waals surface area contributed by atoms with Crippen LogP contribution in [0.2, 0.25) is 0 Å². The molecule has 0 aliphatic heterocycles. The largest absolute Gasteiger partial charge is 0.356 e. The van der Waals surface area contributed by atoms with E-state index in [9.17, 15) is 9.59 Å². The van der Waals surface area contributed by atoms with Gasteiger partial charge in [0.15, 0.2) is 0 Å². The Hall–Kier alpha value is -1.95.